The van der Waals surface area contributed by atoms with Gasteiger partial charge in [-0.3, -0.25) is 56.3 Å². The van der Waals surface area contributed by atoms with Crippen molar-refractivity contribution in [2.75, 3.05) is 132 Å². The number of nitrogens with zero attached hydrogens (tertiary/aromatic N) is 4. The number of carbonyl (C=O) groups excluding carboxylic acids is 4. The molecule has 0 radical (unpaired) electrons. The number of benzene rings is 12. The lowest BCUT2D eigenvalue weighted by Gasteiger charge is -2.37. The quantitative estimate of drug-likeness (QED) is 0.0223. The number of phenolic OH excluding ortho intramolecular Hbond substituents is 4. The zero-order chi connectivity index (χ0) is 99.7. The molecule has 4 aliphatic heterocycles. The smallest absolute Gasteiger partial charge is 0.204 e. The standard InChI is InChI=1S/C30H30FNO3S.C29H27F2NO3S.2C29H28FNO3S/c1-18-12-19(2)27(20(3)13-18)29(34)30-28(25-9-6-23(33)14-26(25)36-30)22-4-7-24(8-5-22)35-11-10-32-16-21(15-31)17-32;1-17-11-21(31)12-18(2)26(17)28(34)29-27(24-8-5-22(33)13-25(24)36-29)20-3-6-23(7-4-20)35-10-9-32-15-19(14-30)16-32;1-18-4-3-5-19(2)26(18)28(33)29-27(24-11-8-22(32)14-25(24)35-29)21-6-9-23(10-7-21)34-13-12-31-16-20(15-30)17-31;1-2-20-5-3-4-6-24(20)28(33)29-27(25-12-9-22(32)15-26(25)35-29)21-7-10-23(11-8-21)34-14-13-31-17-19(16-30)18-31/h4-9,12-14,21,33H,10-11,15-17H2,1-3H3;3-8,11-13,19,33H,9-10,14-16H2,1-2H3;3-11,14,20,32H,12-13,15-17H2,1-2H3;3-12,15,19,32H,2,13-14,16-18H2,1H3. The van der Waals surface area contributed by atoms with Crippen LogP contribution in [0.5, 0.6) is 46.0 Å². The van der Waals surface area contributed by atoms with Crippen LogP contribution in [0.15, 0.2) is 237 Å². The first-order valence-corrected chi connectivity index (χ1v) is 51.2. The van der Waals surface area contributed by atoms with Gasteiger partial charge < -0.3 is 39.4 Å². The van der Waals surface area contributed by atoms with Crippen molar-refractivity contribution in [2.24, 2.45) is 23.7 Å². The minimum absolute atomic E-state index is 0.000372. The van der Waals surface area contributed by atoms with Crippen LogP contribution in [0, 0.1) is 78.0 Å². The molecular weight excluding hydrogens is 1880 g/mol. The molecule has 0 atom stereocenters. The molecule has 16 nitrogen and oxygen atoms in total. The molecule has 4 N–H and O–H groups in total. The normalized spacial score (nSPS) is 14.2. The molecule has 0 bridgehead atoms. The number of likely N-dealkylation sites (tertiary alicyclic amines) is 4. The molecular formula is C117H113F5N4O12S4. The highest BCUT2D eigenvalue weighted by molar-refractivity contribution is 7.23. The third-order valence-corrected chi connectivity index (χ3v) is 31.4. The molecule has 8 heterocycles. The van der Waals surface area contributed by atoms with E-state index in [2.05, 4.69) is 26.5 Å². The van der Waals surface area contributed by atoms with Gasteiger partial charge in [-0.1, -0.05) is 116 Å². The van der Waals surface area contributed by atoms with Crippen LogP contribution in [0.1, 0.15) is 112 Å². The lowest BCUT2D eigenvalue weighted by atomic mass is 9.92. The number of alkyl halides is 4. The largest absolute Gasteiger partial charge is 0.508 e. The molecule has 4 fully saturated rings. The number of hydrogen-bond acceptors (Lipinski definition) is 20. The first-order valence-electron chi connectivity index (χ1n) is 47.9. The molecule has 0 spiro atoms. The van der Waals surface area contributed by atoms with Gasteiger partial charge in [-0.2, -0.15) is 0 Å². The van der Waals surface area contributed by atoms with Crippen molar-refractivity contribution in [3.63, 3.8) is 0 Å². The average molecular weight is 1990 g/mol. The molecule has 0 saturated carbocycles. The van der Waals surface area contributed by atoms with Crippen LogP contribution in [0.25, 0.3) is 84.9 Å². The van der Waals surface area contributed by atoms with Crippen LogP contribution in [0.2, 0.25) is 0 Å². The number of thiophene rings is 4. The highest BCUT2D eigenvalue weighted by Crippen LogP contribution is 2.48. The van der Waals surface area contributed by atoms with Crippen molar-refractivity contribution < 1.29 is 80.5 Å². The Balaban J connectivity index is 0.000000130. The molecule has 25 heteroatoms. The maximum Gasteiger partial charge on any atom is 0.204 e. The Morgan fingerprint density at radius 2 is 0.577 bits per heavy atom. The van der Waals surface area contributed by atoms with Crippen molar-refractivity contribution >= 4 is 109 Å². The molecule has 0 unspecified atom stereocenters. The molecule has 12 aromatic carbocycles. The van der Waals surface area contributed by atoms with Gasteiger partial charge in [-0.05, 0) is 250 Å². The van der Waals surface area contributed by atoms with Crippen molar-refractivity contribution in [3.8, 4) is 90.5 Å². The van der Waals surface area contributed by atoms with Gasteiger partial charge in [-0.15, -0.1) is 45.3 Å². The van der Waals surface area contributed by atoms with E-state index in [0.717, 1.165) is 237 Å². The predicted molar refractivity (Wildman–Crippen MR) is 563 cm³/mol. The minimum Gasteiger partial charge on any atom is -0.508 e. The molecule has 142 heavy (non-hydrogen) atoms. The number of aryl methyl sites for hydroxylation is 8. The summed E-state index contributed by atoms with van der Waals surface area (Å²) in [5, 5.41) is 43.9. The predicted octanol–water partition coefficient (Wildman–Crippen LogP) is 26.0. The fourth-order valence-electron chi connectivity index (χ4n) is 19.5. The van der Waals surface area contributed by atoms with Crippen molar-refractivity contribution in [2.45, 2.75) is 61.8 Å². The number of carbonyl (C=O) groups is 4. The van der Waals surface area contributed by atoms with Crippen LogP contribution >= 0.6 is 45.3 Å². The Morgan fingerprint density at radius 1 is 0.317 bits per heavy atom. The number of phenols is 4. The van der Waals surface area contributed by atoms with Crippen LogP contribution in [-0.4, -0.2) is 195 Å². The Labute approximate surface area is 839 Å². The van der Waals surface area contributed by atoms with Crippen LogP contribution in [-0.2, 0) is 6.42 Å². The summed E-state index contributed by atoms with van der Waals surface area (Å²) in [7, 11) is 0. The van der Waals surface area contributed by atoms with Crippen molar-refractivity contribution in [1.29, 1.82) is 0 Å². The third-order valence-electron chi connectivity index (χ3n) is 26.8. The lowest BCUT2D eigenvalue weighted by molar-refractivity contribution is 0.0668. The fraction of sp³-hybridized carbons (Fsp3) is 0.282. The van der Waals surface area contributed by atoms with Crippen LogP contribution in [0.3, 0.4) is 0 Å². The van der Waals surface area contributed by atoms with E-state index in [-0.39, 0.29) is 102 Å². The lowest BCUT2D eigenvalue weighted by Crippen LogP contribution is -2.49. The van der Waals surface area contributed by atoms with Gasteiger partial charge in [-0.25, -0.2) is 4.39 Å². The highest BCUT2D eigenvalue weighted by atomic mass is 32.1. The summed E-state index contributed by atoms with van der Waals surface area (Å²) in [6.07, 6.45) is 0.779. The summed E-state index contributed by atoms with van der Waals surface area (Å²) in [4.78, 5) is 66.5. The molecule has 0 amide bonds. The Kier molecular flexibility index (Phi) is 32.0. The second-order valence-corrected chi connectivity index (χ2v) is 41.5. The van der Waals surface area contributed by atoms with E-state index >= 15 is 0 Å². The maximum absolute atomic E-state index is 13.9. The van der Waals surface area contributed by atoms with E-state index in [1.165, 1.54) is 57.5 Å². The molecule has 4 aliphatic rings. The van der Waals surface area contributed by atoms with E-state index in [1.54, 1.807) is 62.4 Å². The highest BCUT2D eigenvalue weighted by Gasteiger charge is 2.34. The average Bonchev–Trinajstić information content (AvgIpc) is 1.62. The molecule has 20 rings (SSSR count). The Morgan fingerprint density at radius 3 is 0.852 bits per heavy atom. The first kappa shape index (κ1) is 101. The summed E-state index contributed by atoms with van der Waals surface area (Å²) < 4.78 is 91.3. The molecule has 4 saturated heterocycles. The number of fused-ring (bicyclic) bond motifs is 4. The summed E-state index contributed by atoms with van der Waals surface area (Å²) in [6, 6.07) is 72.4. The second kappa shape index (κ2) is 45.1. The van der Waals surface area contributed by atoms with E-state index in [4.69, 9.17) is 18.9 Å². The van der Waals surface area contributed by atoms with E-state index in [9.17, 15) is 61.6 Å². The second-order valence-electron chi connectivity index (χ2n) is 37.3. The van der Waals surface area contributed by atoms with Gasteiger partial charge in [0, 0.05) is 187 Å². The number of rotatable bonds is 33. The van der Waals surface area contributed by atoms with E-state index in [0.29, 0.717) is 68.2 Å². The van der Waals surface area contributed by atoms with Crippen LogP contribution in [0.4, 0.5) is 22.0 Å². The van der Waals surface area contributed by atoms with Crippen LogP contribution < -0.4 is 18.9 Å². The zero-order valence-electron chi connectivity index (χ0n) is 80.5. The van der Waals surface area contributed by atoms with E-state index in [1.807, 2.05) is 211 Å². The van der Waals surface area contributed by atoms with Gasteiger partial charge in [0.2, 0.25) is 23.1 Å². The van der Waals surface area contributed by atoms with Gasteiger partial charge >= 0.3 is 0 Å². The summed E-state index contributed by atoms with van der Waals surface area (Å²) in [6.45, 7) is 26.1. The number of ketones is 4. The van der Waals surface area contributed by atoms with Crippen molar-refractivity contribution in [1.82, 2.24) is 19.6 Å². The summed E-state index contributed by atoms with van der Waals surface area (Å²) in [5.41, 5.74) is 16.9. The van der Waals surface area contributed by atoms with Gasteiger partial charge in [0.1, 0.15) is 78.2 Å². The molecule has 732 valence electrons. The summed E-state index contributed by atoms with van der Waals surface area (Å²) >= 11 is 5.57. The number of hydrogen-bond donors (Lipinski definition) is 4. The van der Waals surface area contributed by atoms with Gasteiger partial charge in [0.15, 0.2) is 0 Å². The van der Waals surface area contributed by atoms with Gasteiger partial charge in [0.05, 0.1) is 46.2 Å². The molecule has 16 aromatic rings. The monoisotopic (exact) mass is 1990 g/mol. The van der Waals surface area contributed by atoms with E-state index < -0.39 is 0 Å². The Hall–Kier alpha value is -13.0. The van der Waals surface area contributed by atoms with Crippen molar-refractivity contribution in [3.05, 3.63) is 329 Å². The third kappa shape index (κ3) is 22.7. The molecule has 4 aromatic heterocycles. The Bertz CT molecular complexity index is 7000. The fourth-order valence-corrected chi connectivity index (χ4v) is 24.3. The topological polar surface area (TPSA) is 199 Å². The number of aromatic hydroxyl groups is 4. The number of ether oxygens (including phenoxy) is 4. The zero-order valence-corrected chi connectivity index (χ0v) is 83.8. The maximum atomic E-state index is 13.9. The molecule has 0 aliphatic carbocycles. The minimum atomic E-state index is -0.366. The number of halogens is 5. The van der Waals surface area contributed by atoms with Gasteiger partial charge in [0.25, 0.3) is 0 Å². The summed E-state index contributed by atoms with van der Waals surface area (Å²) in [5.74, 6) is 3.84. The SMILES string of the molecule is CCc1ccccc1C(=O)c1sc2cc(O)ccc2c1-c1ccc(OCCN2CC(CF)C2)cc1.Cc1cc(C)c(C(=O)c2sc3cc(O)ccc3c2-c2ccc(OCCN3CC(CF)C3)cc2)c(C)c1.Cc1cc(F)cc(C)c1C(=O)c1sc2cc(O)ccc2c1-c1ccc(OCCN2CC(CF)C2)cc1.Cc1cccc(C)c1C(=O)c1sc2cc(O)ccc2c1-c1ccc(OCCN2CC(CF)C2)cc1. The first-order chi connectivity index (χ1) is 68.7.